The van der Waals surface area contributed by atoms with Crippen molar-refractivity contribution in [2.75, 3.05) is 6.61 Å². The van der Waals surface area contributed by atoms with E-state index in [0.717, 1.165) is 19.3 Å². The zero-order chi connectivity index (χ0) is 13.9. The van der Waals surface area contributed by atoms with Gasteiger partial charge in [-0.25, -0.2) is 9.13 Å². The van der Waals surface area contributed by atoms with Crippen LogP contribution in [0.25, 0.3) is 0 Å². The van der Waals surface area contributed by atoms with E-state index in [0.29, 0.717) is 0 Å². The fraction of sp³-hybridized carbons (Fsp3) is 1.00. The first-order chi connectivity index (χ1) is 7.56. The summed E-state index contributed by atoms with van der Waals surface area (Å²) in [5.74, 6) is 0. The topological polar surface area (TPSA) is 145 Å². The lowest BCUT2D eigenvalue weighted by molar-refractivity contribution is 0.193. The van der Waals surface area contributed by atoms with E-state index in [4.69, 9.17) is 29.0 Å². The van der Waals surface area contributed by atoms with Crippen molar-refractivity contribution < 1.29 is 38.1 Å². The number of hydrogen-bond donors (Lipinski definition) is 5. The van der Waals surface area contributed by atoms with Crippen molar-refractivity contribution in [2.24, 2.45) is 0 Å². The molecule has 0 aliphatic carbocycles. The second kappa shape index (κ2) is 10.2. The summed E-state index contributed by atoms with van der Waals surface area (Å²) >= 11 is 0. The van der Waals surface area contributed by atoms with Crippen LogP contribution in [0.5, 0.6) is 0 Å². The van der Waals surface area contributed by atoms with Crippen LogP contribution < -0.4 is 0 Å². The Bertz CT molecular complexity index is 248. The molecule has 0 heterocycles. The van der Waals surface area contributed by atoms with Crippen molar-refractivity contribution in [3.63, 3.8) is 0 Å². The zero-order valence-corrected chi connectivity index (χ0v) is 11.4. The Balaban J connectivity index is 0. The van der Waals surface area contributed by atoms with Crippen LogP contribution in [0.15, 0.2) is 0 Å². The standard InChI is InChI=1S/C7H17O4P.H3O4P/c1-2-3-4-5-6-7-11-12(8,9)10;1-5(2,3)4/h2-7H2,1H3,(H2,8,9,10);(H3,1,2,3,4). The van der Waals surface area contributed by atoms with Gasteiger partial charge in [-0.05, 0) is 6.42 Å². The molecule has 17 heavy (non-hydrogen) atoms. The summed E-state index contributed by atoms with van der Waals surface area (Å²) in [5.41, 5.74) is 0. The van der Waals surface area contributed by atoms with Crippen LogP contribution in [0.3, 0.4) is 0 Å². The molecule has 106 valence electrons. The molecule has 5 N–H and O–H groups in total. The Hall–Kier alpha value is 0.220. The number of unbranched alkanes of at least 4 members (excludes halogenated alkanes) is 4. The van der Waals surface area contributed by atoms with E-state index in [2.05, 4.69) is 11.4 Å². The molecule has 0 saturated carbocycles. The highest BCUT2D eigenvalue weighted by Gasteiger charge is 2.11. The molecule has 0 aliphatic heterocycles. The average molecular weight is 294 g/mol. The van der Waals surface area contributed by atoms with Gasteiger partial charge in [-0.3, -0.25) is 4.52 Å². The molecular formula is C7H20O8P2. The van der Waals surface area contributed by atoms with Gasteiger partial charge in [0, 0.05) is 0 Å². The first-order valence-electron chi connectivity index (χ1n) is 5.04. The Morgan fingerprint density at radius 1 is 0.882 bits per heavy atom. The maximum Gasteiger partial charge on any atom is 0.469 e. The Labute approximate surface area is 100 Å². The number of phosphoric acid groups is 2. The van der Waals surface area contributed by atoms with Crippen LogP contribution in [-0.2, 0) is 13.7 Å². The summed E-state index contributed by atoms with van der Waals surface area (Å²) < 4.78 is 23.4. The van der Waals surface area contributed by atoms with Gasteiger partial charge in [0.05, 0.1) is 6.61 Å². The molecule has 0 bridgehead atoms. The second-order valence-electron chi connectivity index (χ2n) is 3.25. The molecule has 0 aromatic carbocycles. The van der Waals surface area contributed by atoms with Crippen molar-refractivity contribution in [3.05, 3.63) is 0 Å². The first kappa shape index (κ1) is 19.6. The highest BCUT2D eigenvalue weighted by Crippen LogP contribution is 2.35. The molecule has 0 saturated heterocycles. The third kappa shape index (κ3) is 38.6. The summed E-state index contributed by atoms with van der Waals surface area (Å²) in [5, 5.41) is 0. The van der Waals surface area contributed by atoms with Gasteiger partial charge in [0.2, 0.25) is 0 Å². The van der Waals surface area contributed by atoms with Gasteiger partial charge in [-0.15, -0.1) is 0 Å². The number of phosphoric ester groups is 1. The summed E-state index contributed by atoms with van der Waals surface area (Å²) in [6.45, 7) is 2.28. The fourth-order valence-electron chi connectivity index (χ4n) is 0.889. The normalized spacial score (nSPS) is 11.9. The number of hydrogen-bond acceptors (Lipinski definition) is 3. The number of rotatable bonds is 7. The lowest BCUT2D eigenvalue weighted by atomic mass is 10.2. The lowest BCUT2D eigenvalue weighted by Crippen LogP contribution is -1.91. The Morgan fingerprint density at radius 2 is 1.29 bits per heavy atom. The van der Waals surface area contributed by atoms with Gasteiger partial charge in [0.15, 0.2) is 0 Å². The van der Waals surface area contributed by atoms with Crippen LogP contribution in [-0.4, -0.2) is 31.1 Å². The van der Waals surface area contributed by atoms with E-state index in [1.54, 1.807) is 0 Å². The molecule has 0 radical (unpaired) electrons. The molecule has 10 heteroatoms. The van der Waals surface area contributed by atoms with E-state index >= 15 is 0 Å². The van der Waals surface area contributed by atoms with Crippen LogP contribution in [0.1, 0.15) is 39.0 Å². The van der Waals surface area contributed by atoms with Crippen LogP contribution in [0.2, 0.25) is 0 Å². The lowest BCUT2D eigenvalue weighted by Gasteiger charge is -2.03. The minimum absolute atomic E-state index is 0.161. The molecule has 0 fully saturated rings. The molecule has 0 unspecified atom stereocenters. The molecule has 8 nitrogen and oxygen atoms in total. The maximum absolute atomic E-state index is 10.2. The molecular weight excluding hydrogens is 274 g/mol. The average Bonchev–Trinajstić information content (AvgIpc) is 2.06. The van der Waals surface area contributed by atoms with E-state index < -0.39 is 15.6 Å². The minimum Gasteiger partial charge on any atom is -0.303 e. The second-order valence-corrected chi connectivity index (χ2v) is 5.52. The predicted octanol–water partition coefficient (Wildman–Crippen LogP) is 1.14. The van der Waals surface area contributed by atoms with Crippen molar-refractivity contribution in [2.45, 2.75) is 39.0 Å². The highest BCUT2D eigenvalue weighted by atomic mass is 31.2. The van der Waals surface area contributed by atoms with Gasteiger partial charge < -0.3 is 24.5 Å². The molecule has 0 spiro atoms. The van der Waals surface area contributed by atoms with Crippen molar-refractivity contribution >= 4 is 15.6 Å². The molecule has 0 rings (SSSR count). The van der Waals surface area contributed by atoms with Gasteiger partial charge >= 0.3 is 15.6 Å². The van der Waals surface area contributed by atoms with Gasteiger partial charge in [0.25, 0.3) is 0 Å². The van der Waals surface area contributed by atoms with Crippen molar-refractivity contribution in [1.29, 1.82) is 0 Å². The van der Waals surface area contributed by atoms with Crippen LogP contribution in [0.4, 0.5) is 0 Å². The molecule has 0 atom stereocenters. The summed E-state index contributed by atoms with van der Waals surface area (Å²) in [6, 6.07) is 0. The predicted molar refractivity (Wildman–Crippen MR) is 61.0 cm³/mol. The summed E-state index contributed by atoms with van der Waals surface area (Å²) in [6.07, 6.45) is 5.16. The van der Waals surface area contributed by atoms with E-state index in [-0.39, 0.29) is 6.61 Å². The quantitative estimate of drug-likeness (QED) is 0.347. The summed E-state index contributed by atoms with van der Waals surface area (Å²) in [7, 11) is -8.86. The SMILES string of the molecule is CCCCCCCOP(=O)(O)O.O=P(O)(O)O. The Morgan fingerprint density at radius 3 is 1.65 bits per heavy atom. The maximum atomic E-state index is 10.2. The van der Waals surface area contributed by atoms with Gasteiger partial charge in [-0.1, -0.05) is 32.6 Å². The molecule has 0 amide bonds. The minimum atomic E-state index is -4.64. The molecule has 0 aromatic heterocycles. The third-order valence-electron chi connectivity index (χ3n) is 1.51. The van der Waals surface area contributed by atoms with Gasteiger partial charge in [-0.2, -0.15) is 0 Å². The van der Waals surface area contributed by atoms with Crippen molar-refractivity contribution in [1.82, 2.24) is 0 Å². The summed E-state index contributed by atoms with van der Waals surface area (Å²) in [4.78, 5) is 38.2. The monoisotopic (exact) mass is 294 g/mol. The van der Waals surface area contributed by atoms with Crippen LogP contribution >= 0.6 is 15.6 Å². The van der Waals surface area contributed by atoms with E-state index in [9.17, 15) is 4.57 Å². The van der Waals surface area contributed by atoms with Gasteiger partial charge in [0.1, 0.15) is 0 Å². The zero-order valence-electron chi connectivity index (χ0n) is 9.60. The van der Waals surface area contributed by atoms with E-state index in [1.807, 2.05) is 0 Å². The molecule has 0 aromatic rings. The molecule has 0 aliphatic rings. The smallest absolute Gasteiger partial charge is 0.303 e. The van der Waals surface area contributed by atoms with Crippen molar-refractivity contribution in [3.8, 4) is 0 Å². The third-order valence-corrected chi connectivity index (χ3v) is 2.03. The first-order valence-corrected chi connectivity index (χ1v) is 8.14. The van der Waals surface area contributed by atoms with E-state index in [1.165, 1.54) is 12.8 Å². The van der Waals surface area contributed by atoms with Crippen LogP contribution in [0, 0.1) is 0 Å². The largest absolute Gasteiger partial charge is 0.469 e. The Kier molecular flexibility index (Phi) is 11.7. The fourth-order valence-corrected chi connectivity index (χ4v) is 1.26. The highest BCUT2D eigenvalue weighted by molar-refractivity contribution is 7.46.